The molecule has 3 heteroatoms. The van der Waals surface area contributed by atoms with E-state index in [0.717, 1.165) is 6.42 Å². The highest BCUT2D eigenvalue weighted by molar-refractivity contribution is 6.32. The van der Waals surface area contributed by atoms with Crippen LogP contribution >= 0.6 is 11.6 Å². The Labute approximate surface area is 83.1 Å². The van der Waals surface area contributed by atoms with E-state index in [1.165, 1.54) is 6.07 Å². The zero-order valence-electron chi connectivity index (χ0n) is 7.75. The van der Waals surface area contributed by atoms with Crippen molar-refractivity contribution in [3.05, 3.63) is 23.2 Å². The van der Waals surface area contributed by atoms with Crippen LogP contribution in [0.15, 0.2) is 18.2 Å². The van der Waals surface area contributed by atoms with Crippen molar-refractivity contribution in [1.29, 1.82) is 0 Å². The van der Waals surface area contributed by atoms with Gasteiger partial charge in [0.25, 0.3) is 0 Å². The number of halogens is 1. The number of phenols is 1. The molecule has 0 radical (unpaired) electrons. The van der Waals surface area contributed by atoms with Gasteiger partial charge in [0.1, 0.15) is 11.5 Å². The molecule has 1 aromatic carbocycles. The van der Waals surface area contributed by atoms with E-state index in [1.54, 1.807) is 12.1 Å². The molecule has 1 aromatic rings. The molecule has 72 valence electrons. The molecule has 0 fully saturated rings. The summed E-state index contributed by atoms with van der Waals surface area (Å²) in [7, 11) is 0. The van der Waals surface area contributed by atoms with E-state index in [0.29, 0.717) is 10.8 Å². The minimum Gasteiger partial charge on any atom is -0.508 e. The Morgan fingerprint density at radius 2 is 2.23 bits per heavy atom. The van der Waals surface area contributed by atoms with Gasteiger partial charge in [-0.15, -0.1) is 0 Å². The molecule has 0 amide bonds. The first-order valence-corrected chi connectivity index (χ1v) is 4.66. The first-order valence-electron chi connectivity index (χ1n) is 4.28. The van der Waals surface area contributed by atoms with E-state index in [2.05, 4.69) is 0 Å². The lowest BCUT2D eigenvalue weighted by Gasteiger charge is -2.13. The van der Waals surface area contributed by atoms with Gasteiger partial charge in [-0.05, 0) is 25.5 Å². The molecule has 0 aliphatic rings. The van der Waals surface area contributed by atoms with Gasteiger partial charge in [0.05, 0.1) is 11.1 Å². The van der Waals surface area contributed by atoms with Crippen LogP contribution in [0.5, 0.6) is 11.5 Å². The van der Waals surface area contributed by atoms with Crippen LogP contribution in [0.25, 0.3) is 0 Å². The van der Waals surface area contributed by atoms with Crippen LogP contribution in [-0.4, -0.2) is 11.2 Å². The molecule has 0 aliphatic heterocycles. The molecule has 0 aromatic heterocycles. The van der Waals surface area contributed by atoms with E-state index < -0.39 is 0 Å². The fraction of sp³-hybridized carbons (Fsp3) is 0.400. The second kappa shape index (κ2) is 4.38. The molecular formula is C10H13ClO2. The number of phenolic OH excluding ortho intramolecular Hbond substituents is 1. The Balaban J connectivity index is 2.77. The first kappa shape index (κ1) is 10.2. The zero-order valence-corrected chi connectivity index (χ0v) is 8.51. The molecule has 13 heavy (non-hydrogen) atoms. The van der Waals surface area contributed by atoms with Crippen LogP contribution in [-0.2, 0) is 0 Å². The topological polar surface area (TPSA) is 29.5 Å². The van der Waals surface area contributed by atoms with Gasteiger partial charge in [-0.2, -0.15) is 0 Å². The van der Waals surface area contributed by atoms with Gasteiger partial charge in [0.15, 0.2) is 0 Å². The number of rotatable bonds is 3. The van der Waals surface area contributed by atoms with Crippen molar-refractivity contribution in [3.63, 3.8) is 0 Å². The summed E-state index contributed by atoms with van der Waals surface area (Å²) in [5, 5.41) is 9.53. The summed E-state index contributed by atoms with van der Waals surface area (Å²) in [5.74, 6) is 0.773. The summed E-state index contributed by atoms with van der Waals surface area (Å²) in [6.45, 7) is 4.02. The van der Waals surface area contributed by atoms with Gasteiger partial charge >= 0.3 is 0 Å². The molecule has 0 bridgehead atoms. The van der Waals surface area contributed by atoms with Crippen molar-refractivity contribution in [3.8, 4) is 11.5 Å². The van der Waals surface area contributed by atoms with Crippen molar-refractivity contribution in [2.45, 2.75) is 26.4 Å². The minimum atomic E-state index is 0.141. The number of hydrogen-bond acceptors (Lipinski definition) is 2. The highest BCUT2D eigenvalue weighted by atomic mass is 35.5. The average molecular weight is 201 g/mol. The third-order valence-electron chi connectivity index (χ3n) is 1.82. The van der Waals surface area contributed by atoms with Gasteiger partial charge in [-0.1, -0.05) is 18.5 Å². The lowest BCUT2D eigenvalue weighted by molar-refractivity contribution is 0.217. The van der Waals surface area contributed by atoms with Gasteiger partial charge in [-0.25, -0.2) is 0 Å². The summed E-state index contributed by atoms with van der Waals surface area (Å²) in [6, 6.07) is 4.70. The maximum absolute atomic E-state index is 9.09. The van der Waals surface area contributed by atoms with E-state index in [4.69, 9.17) is 21.4 Å². The minimum absolute atomic E-state index is 0.141. The maximum atomic E-state index is 9.09. The van der Waals surface area contributed by atoms with Crippen LogP contribution in [0, 0.1) is 0 Å². The van der Waals surface area contributed by atoms with E-state index in [9.17, 15) is 0 Å². The molecule has 0 saturated carbocycles. The van der Waals surface area contributed by atoms with Crippen molar-refractivity contribution >= 4 is 11.6 Å². The lowest BCUT2D eigenvalue weighted by Crippen LogP contribution is -2.09. The molecule has 0 heterocycles. The maximum Gasteiger partial charge on any atom is 0.138 e. The average Bonchev–Trinajstić information content (AvgIpc) is 2.09. The fourth-order valence-corrected chi connectivity index (χ4v) is 1.10. The van der Waals surface area contributed by atoms with Crippen LogP contribution in [0.1, 0.15) is 20.3 Å². The highest BCUT2D eigenvalue weighted by Crippen LogP contribution is 2.28. The Morgan fingerprint density at radius 1 is 1.54 bits per heavy atom. The monoisotopic (exact) mass is 200 g/mol. The second-order valence-electron chi connectivity index (χ2n) is 2.95. The molecule has 0 aliphatic carbocycles. The molecule has 0 saturated heterocycles. The largest absolute Gasteiger partial charge is 0.508 e. The Morgan fingerprint density at radius 3 is 2.77 bits per heavy atom. The van der Waals surface area contributed by atoms with Gasteiger partial charge in [0.2, 0.25) is 0 Å². The molecule has 1 atom stereocenters. The molecular weight excluding hydrogens is 188 g/mol. The number of ether oxygens (including phenoxy) is 1. The summed E-state index contributed by atoms with van der Waals surface area (Å²) in [4.78, 5) is 0. The summed E-state index contributed by atoms with van der Waals surface area (Å²) < 4.78 is 5.51. The second-order valence-corrected chi connectivity index (χ2v) is 3.36. The van der Waals surface area contributed by atoms with Crippen molar-refractivity contribution in [2.75, 3.05) is 0 Å². The molecule has 2 nitrogen and oxygen atoms in total. The predicted molar refractivity (Wildman–Crippen MR) is 53.5 cm³/mol. The predicted octanol–water partition coefficient (Wildman–Crippen LogP) is 3.22. The van der Waals surface area contributed by atoms with Gasteiger partial charge in [0, 0.05) is 6.07 Å². The van der Waals surface area contributed by atoms with Gasteiger partial charge in [-0.3, -0.25) is 0 Å². The first-order chi connectivity index (χ1) is 6.13. The number of hydrogen-bond donors (Lipinski definition) is 1. The fourth-order valence-electron chi connectivity index (χ4n) is 0.885. The van der Waals surface area contributed by atoms with Crippen molar-refractivity contribution < 1.29 is 9.84 Å². The number of aromatic hydroxyl groups is 1. The third-order valence-corrected chi connectivity index (χ3v) is 2.11. The number of benzene rings is 1. The standard InChI is InChI=1S/C10H13ClO2/c1-3-7(2)13-10-5-4-8(12)6-9(10)11/h4-7,12H,3H2,1-2H3. The van der Waals surface area contributed by atoms with Crippen LogP contribution in [0.3, 0.4) is 0 Å². The van der Waals surface area contributed by atoms with Crippen LogP contribution in [0.4, 0.5) is 0 Å². The van der Waals surface area contributed by atoms with E-state index >= 15 is 0 Å². The zero-order chi connectivity index (χ0) is 9.84. The Kier molecular flexibility index (Phi) is 3.43. The summed E-state index contributed by atoms with van der Waals surface area (Å²) in [5.41, 5.74) is 0. The van der Waals surface area contributed by atoms with Crippen LogP contribution in [0.2, 0.25) is 5.02 Å². The molecule has 1 unspecified atom stereocenters. The quantitative estimate of drug-likeness (QED) is 0.812. The van der Waals surface area contributed by atoms with Crippen LogP contribution < -0.4 is 4.74 Å². The van der Waals surface area contributed by atoms with E-state index in [1.807, 2.05) is 13.8 Å². The molecule has 1 N–H and O–H groups in total. The summed E-state index contributed by atoms with van der Waals surface area (Å²) in [6.07, 6.45) is 1.07. The highest BCUT2D eigenvalue weighted by Gasteiger charge is 2.05. The van der Waals surface area contributed by atoms with Crippen molar-refractivity contribution in [1.82, 2.24) is 0 Å². The summed E-state index contributed by atoms with van der Waals surface area (Å²) >= 11 is 5.85. The van der Waals surface area contributed by atoms with E-state index in [-0.39, 0.29) is 11.9 Å². The molecule has 1 rings (SSSR count). The smallest absolute Gasteiger partial charge is 0.138 e. The third kappa shape index (κ3) is 2.81. The molecule has 0 spiro atoms. The Bertz CT molecular complexity index is 286. The lowest BCUT2D eigenvalue weighted by atomic mass is 10.3. The Hall–Kier alpha value is -0.890. The van der Waals surface area contributed by atoms with Crippen molar-refractivity contribution in [2.24, 2.45) is 0 Å². The van der Waals surface area contributed by atoms with Gasteiger partial charge < -0.3 is 9.84 Å². The SMILES string of the molecule is CCC(C)Oc1ccc(O)cc1Cl. The normalized spacial score (nSPS) is 12.5.